The van der Waals surface area contributed by atoms with Crippen molar-refractivity contribution in [1.29, 1.82) is 0 Å². The highest BCUT2D eigenvalue weighted by Crippen LogP contribution is 2.50. The van der Waals surface area contributed by atoms with E-state index < -0.39 is 0 Å². The molecule has 0 aromatic rings. The summed E-state index contributed by atoms with van der Waals surface area (Å²) in [5.41, 5.74) is 0.173. The van der Waals surface area contributed by atoms with Gasteiger partial charge >= 0.3 is 0 Å². The third-order valence-corrected chi connectivity index (χ3v) is 6.50. The van der Waals surface area contributed by atoms with E-state index in [1.165, 1.54) is 45.2 Å². The highest BCUT2D eigenvalue weighted by Gasteiger charge is 2.56. The van der Waals surface area contributed by atoms with Crippen molar-refractivity contribution >= 4 is 5.91 Å². The number of carbonyl (C=O) groups is 1. The molecule has 4 rings (SSSR count). The number of carbonyl (C=O) groups excluding carboxylic acids is 1. The first-order valence-electron chi connectivity index (χ1n) is 8.25. The Bertz CT molecular complexity index is 394. The Morgan fingerprint density at radius 3 is 2.79 bits per heavy atom. The van der Waals surface area contributed by atoms with E-state index in [-0.39, 0.29) is 5.54 Å². The largest absolute Gasteiger partial charge is 0.337 e. The Kier molecular flexibility index (Phi) is 2.70. The monoisotopic (exact) mass is 262 g/mol. The highest BCUT2D eigenvalue weighted by molar-refractivity contribution is 5.78. The van der Waals surface area contributed by atoms with E-state index in [0.717, 1.165) is 37.3 Å². The smallest absolute Gasteiger partial charge is 0.223 e. The lowest BCUT2D eigenvalue weighted by Crippen LogP contribution is -2.71. The molecule has 4 heterocycles. The van der Waals surface area contributed by atoms with Gasteiger partial charge in [0.1, 0.15) is 0 Å². The molecule has 4 fully saturated rings. The fourth-order valence-electron chi connectivity index (χ4n) is 5.66. The molecule has 4 aliphatic heterocycles. The van der Waals surface area contributed by atoms with Crippen molar-refractivity contribution in [2.75, 3.05) is 19.6 Å². The Balaban J connectivity index is 1.72. The van der Waals surface area contributed by atoms with Gasteiger partial charge in [-0.15, -0.1) is 0 Å². The third kappa shape index (κ3) is 1.63. The van der Waals surface area contributed by atoms with Crippen molar-refractivity contribution in [2.45, 2.75) is 63.5 Å². The molecule has 0 radical (unpaired) electrons. The van der Waals surface area contributed by atoms with Crippen LogP contribution >= 0.6 is 0 Å². The first kappa shape index (κ1) is 12.2. The molecule has 0 unspecified atom stereocenters. The SMILES string of the molecule is C[C@]12CCCC(=O)N1C[C@@H]1CCCN3CCC[C@H]2[C@H]13. The Morgan fingerprint density at radius 2 is 1.95 bits per heavy atom. The van der Waals surface area contributed by atoms with Crippen LogP contribution in [0.25, 0.3) is 0 Å². The van der Waals surface area contributed by atoms with Crippen molar-refractivity contribution in [2.24, 2.45) is 11.8 Å². The minimum atomic E-state index is 0.173. The Labute approximate surface area is 116 Å². The summed E-state index contributed by atoms with van der Waals surface area (Å²) in [5.74, 6) is 1.94. The first-order valence-corrected chi connectivity index (χ1v) is 8.25. The van der Waals surface area contributed by atoms with Crippen molar-refractivity contribution in [3.8, 4) is 0 Å². The normalized spacial score (nSPS) is 46.7. The molecule has 1 amide bonds. The molecule has 3 nitrogen and oxygen atoms in total. The van der Waals surface area contributed by atoms with E-state index in [4.69, 9.17) is 0 Å². The summed E-state index contributed by atoms with van der Waals surface area (Å²) in [7, 11) is 0. The van der Waals surface area contributed by atoms with Crippen LogP contribution in [-0.2, 0) is 4.79 Å². The number of rotatable bonds is 0. The molecule has 19 heavy (non-hydrogen) atoms. The van der Waals surface area contributed by atoms with E-state index in [1.54, 1.807) is 0 Å². The number of piperidine rings is 4. The molecule has 4 atom stereocenters. The van der Waals surface area contributed by atoms with Crippen molar-refractivity contribution in [1.82, 2.24) is 9.80 Å². The average molecular weight is 262 g/mol. The molecule has 0 aromatic heterocycles. The van der Waals surface area contributed by atoms with Crippen LogP contribution in [0.3, 0.4) is 0 Å². The fraction of sp³-hybridized carbons (Fsp3) is 0.938. The van der Waals surface area contributed by atoms with Crippen molar-refractivity contribution in [3.63, 3.8) is 0 Å². The minimum absolute atomic E-state index is 0.173. The van der Waals surface area contributed by atoms with Gasteiger partial charge in [-0.1, -0.05) is 0 Å². The lowest BCUT2D eigenvalue weighted by Gasteiger charge is -2.63. The van der Waals surface area contributed by atoms with Crippen LogP contribution < -0.4 is 0 Å². The van der Waals surface area contributed by atoms with Gasteiger partial charge in [-0.25, -0.2) is 0 Å². The third-order valence-electron chi connectivity index (χ3n) is 6.50. The molecule has 0 saturated carbocycles. The van der Waals surface area contributed by atoms with E-state index in [2.05, 4.69) is 16.7 Å². The summed E-state index contributed by atoms with van der Waals surface area (Å²) in [4.78, 5) is 17.5. The molecule has 4 saturated heterocycles. The molecule has 106 valence electrons. The van der Waals surface area contributed by atoms with Gasteiger partial charge in [-0.05, 0) is 70.4 Å². The average Bonchev–Trinajstić information content (AvgIpc) is 2.42. The zero-order valence-corrected chi connectivity index (χ0v) is 12.1. The number of hydrogen-bond donors (Lipinski definition) is 0. The fourth-order valence-corrected chi connectivity index (χ4v) is 5.66. The lowest BCUT2D eigenvalue weighted by molar-refractivity contribution is -0.166. The van der Waals surface area contributed by atoms with E-state index in [9.17, 15) is 4.79 Å². The van der Waals surface area contributed by atoms with Gasteiger partial charge in [0.15, 0.2) is 0 Å². The van der Waals surface area contributed by atoms with Gasteiger partial charge in [0.2, 0.25) is 5.91 Å². The number of nitrogens with zero attached hydrogens (tertiary/aromatic N) is 2. The van der Waals surface area contributed by atoms with Gasteiger partial charge in [-0.3, -0.25) is 9.69 Å². The summed E-state index contributed by atoms with van der Waals surface area (Å²) in [6.45, 7) is 6.05. The Morgan fingerprint density at radius 1 is 1.16 bits per heavy atom. The van der Waals surface area contributed by atoms with Gasteiger partial charge in [0.05, 0.1) is 0 Å². The Hall–Kier alpha value is -0.570. The molecule has 0 aromatic carbocycles. The van der Waals surface area contributed by atoms with Gasteiger partial charge in [-0.2, -0.15) is 0 Å². The molecule has 0 spiro atoms. The molecular weight excluding hydrogens is 236 g/mol. The number of amides is 1. The van der Waals surface area contributed by atoms with Crippen LogP contribution in [0.2, 0.25) is 0 Å². The zero-order chi connectivity index (χ0) is 13.0. The van der Waals surface area contributed by atoms with Crippen LogP contribution in [0.1, 0.15) is 51.9 Å². The van der Waals surface area contributed by atoms with Crippen LogP contribution in [0.15, 0.2) is 0 Å². The molecule has 4 aliphatic rings. The predicted octanol–water partition coefficient (Wildman–Crippen LogP) is 2.26. The number of fused-ring (bicyclic) bond motifs is 2. The lowest BCUT2D eigenvalue weighted by atomic mass is 9.62. The number of hydrogen-bond acceptors (Lipinski definition) is 2. The maximum Gasteiger partial charge on any atom is 0.223 e. The zero-order valence-electron chi connectivity index (χ0n) is 12.1. The second kappa shape index (κ2) is 4.21. The molecular formula is C16H26N2O. The van der Waals surface area contributed by atoms with Crippen LogP contribution in [0, 0.1) is 11.8 Å². The maximum absolute atomic E-state index is 12.4. The van der Waals surface area contributed by atoms with E-state index in [0.29, 0.717) is 5.91 Å². The minimum Gasteiger partial charge on any atom is -0.337 e. The summed E-state index contributed by atoms with van der Waals surface area (Å²) in [6.07, 6.45) is 8.51. The molecule has 0 N–H and O–H groups in total. The molecule has 3 heteroatoms. The predicted molar refractivity (Wildman–Crippen MR) is 74.8 cm³/mol. The second-order valence-corrected chi connectivity index (χ2v) is 7.39. The quantitative estimate of drug-likeness (QED) is 0.668. The van der Waals surface area contributed by atoms with Crippen LogP contribution in [0.5, 0.6) is 0 Å². The topological polar surface area (TPSA) is 23.6 Å². The molecule has 0 bridgehead atoms. The van der Waals surface area contributed by atoms with Gasteiger partial charge in [0, 0.05) is 24.5 Å². The van der Waals surface area contributed by atoms with E-state index in [1.807, 2.05) is 0 Å². The van der Waals surface area contributed by atoms with Crippen molar-refractivity contribution < 1.29 is 4.79 Å². The first-order chi connectivity index (χ1) is 9.20. The van der Waals surface area contributed by atoms with E-state index >= 15 is 0 Å². The standard InChI is InChI=1S/C16H26N2O/c1-16-8-2-7-14(19)18(16)11-12-5-3-9-17-10-4-6-13(16)15(12)17/h12-13,15H,2-11H2,1H3/t12-,13-,15-,16+/m0/s1. The van der Waals surface area contributed by atoms with Crippen molar-refractivity contribution in [3.05, 3.63) is 0 Å². The van der Waals surface area contributed by atoms with Crippen LogP contribution in [0.4, 0.5) is 0 Å². The van der Waals surface area contributed by atoms with Gasteiger partial charge in [0.25, 0.3) is 0 Å². The summed E-state index contributed by atoms with van der Waals surface area (Å²) < 4.78 is 0. The second-order valence-electron chi connectivity index (χ2n) is 7.39. The summed E-state index contributed by atoms with van der Waals surface area (Å²) >= 11 is 0. The summed E-state index contributed by atoms with van der Waals surface area (Å²) in [5, 5.41) is 0. The van der Waals surface area contributed by atoms with Crippen LogP contribution in [-0.4, -0.2) is 46.9 Å². The highest BCUT2D eigenvalue weighted by atomic mass is 16.2. The van der Waals surface area contributed by atoms with Gasteiger partial charge < -0.3 is 4.90 Å². The maximum atomic E-state index is 12.4. The molecule has 0 aliphatic carbocycles. The summed E-state index contributed by atoms with van der Waals surface area (Å²) in [6, 6.07) is 0.787.